The smallest absolute Gasteiger partial charge is 0.118 e. The van der Waals surface area contributed by atoms with Crippen molar-refractivity contribution in [2.45, 2.75) is 90.5 Å². The van der Waals surface area contributed by atoms with Gasteiger partial charge in [-0.1, -0.05) is 130 Å². The molecule has 3 aromatic rings. The Bertz CT molecular complexity index is 861. The maximum Gasteiger partial charge on any atom is 0.118 e. The van der Waals surface area contributed by atoms with Gasteiger partial charge in [0, 0.05) is 141 Å². The van der Waals surface area contributed by atoms with Crippen LogP contribution in [0.1, 0.15) is 82.3 Å². The summed E-state index contributed by atoms with van der Waals surface area (Å²) >= 11 is 24.3. The molecule has 3 aromatic carbocycles. The Hall–Kier alpha value is 3.45. The van der Waals surface area contributed by atoms with Gasteiger partial charge in [0.25, 0.3) is 0 Å². The quantitative estimate of drug-likeness (QED) is 0.120. The molecule has 0 bridgehead atoms. The van der Waals surface area contributed by atoms with E-state index in [1.165, 1.54) is 33.4 Å². The van der Waals surface area contributed by atoms with Crippen molar-refractivity contribution in [3.63, 3.8) is 0 Å². The van der Waals surface area contributed by atoms with Gasteiger partial charge >= 0.3 is 0 Å². The van der Waals surface area contributed by atoms with Crippen molar-refractivity contribution in [1.82, 2.24) is 0 Å². The predicted molar refractivity (Wildman–Crippen MR) is 198 cm³/mol. The monoisotopic (exact) mass is 1100 g/mol. The Kier molecular flexibility index (Phi) is 126. The number of rotatable bonds is 0. The summed E-state index contributed by atoms with van der Waals surface area (Å²) in [5.74, 6) is 0. The molecule has 3 rings (SSSR count). The molecule has 0 aliphatic carbocycles. The first kappa shape index (κ1) is 83.4. The second-order valence-electron chi connectivity index (χ2n) is 6.72. The molecule has 47 heavy (non-hydrogen) atoms. The zero-order chi connectivity index (χ0) is 33.8. The average molecular weight is 1110 g/mol. The van der Waals surface area contributed by atoms with Crippen molar-refractivity contribution in [3.05, 3.63) is 134 Å². The maximum absolute atomic E-state index is 5.25. The Morgan fingerprint density at radius 3 is 0.809 bits per heavy atom. The summed E-state index contributed by atoms with van der Waals surface area (Å²) in [4.78, 5) is 0. The van der Waals surface area contributed by atoms with Gasteiger partial charge in [-0.2, -0.15) is 106 Å². The molecule has 0 heterocycles. The van der Waals surface area contributed by atoms with Crippen molar-refractivity contribution in [1.29, 1.82) is 0 Å². The van der Waals surface area contributed by atoms with E-state index in [0.29, 0.717) is 0 Å². The molecule has 0 aliphatic rings. The normalized spacial score (nSPS) is 6.45. The van der Waals surface area contributed by atoms with Gasteiger partial charge in [-0.15, -0.1) is 23.2 Å². The molecule has 3 radical (unpaired) electrons. The number of benzene rings is 3. The first-order valence-electron chi connectivity index (χ1n) is 13.1. The summed E-state index contributed by atoms with van der Waals surface area (Å²) in [6.45, 7) is 29.1. The third-order valence-electron chi connectivity index (χ3n) is 4.14. The predicted octanol–water partition coefficient (Wildman–Crippen LogP) is 11.5. The molecule has 0 amide bonds. The fourth-order valence-electron chi connectivity index (χ4n) is 1.77. The minimum Gasteiger partial charge on any atom is -1.00 e. The van der Waals surface area contributed by atoms with Crippen LogP contribution in [0.25, 0.3) is 0 Å². The molecule has 0 unspecified atom stereocenters. The van der Waals surface area contributed by atoms with Crippen molar-refractivity contribution in [2.24, 2.45) is 0 Å². The summed E-state index contributed by atoms with van der Waals surface area (Å²) in [5, 5.41) is 0. The van der Waals surface area contributed by atoms with Crippen LogP contribution in [0.5, 0.6) is 0 Å². The first-order chi connectivity index (χ1) is 19.4. The van der Waals surface area contributed by atoms with Crippen LogP contribution in [0, 0.1) is 117 Å². The summed E-state index contributed by atoms with van der Waals surface area (Å²) in [6, 6.07) is 27.0. The molecule has 0 atom stereocenters. The number of terminal acetylenes is 1. The molecule has 0 saturated carbocycles. The molecular weight excluding hydrogens is 1060 g/mol. The number of halogens is 6. The average Bonchev–Trinajstić information content (AvgIpc) is 2.98. The van der Waals surface area contributed by atoms with Crippen molar-refractivity contribution in [3.8, 4) is 6.42 Å². The Morgan fingerprint density at radius 1 is 0.596 bits per heavy atom. The van der Waals surface area contributed by atoms with Gasteiger partial charge < -0.3 is 43.4 Å². The third-order valence-corrected chi connectivity index (χ3v) is 4.80. The van der Waals surface area contributed by atoms with E-state index in [4.69, 9.17) is 64.4 Å². The van der Waals surface area contributed by atoms with Gasteiger partial charge in [-0.05, 0) is 0 Å². The van der Waals surface area contributed by atoms with Crippen molar-refractivity contribution < 1.29 is 160 Å². The molecule has 10 heteroatoms. The van der Waals surface area contributed by atoms with Crippen LogP contribution >= 0.6 is 58.0 Å². The molecule has 0 nitrogen and oxygen atoms in total. The molecule has 0 N–H and O–H groups in total. The number of hydrogen-bond donors (Lipinski definition) is 0. The number of hydrogen-bond acceptors (Lipinski definition) is 0. The van der Waals surface area contributed by atoms with E-state index in [9.17, 15) is 0 Å². The minimum absolute atomic E-state index is 0. The van der Waals surface area contributed by atoms with Crippen LogP contribution in [0.15, 0.2) is 69.1 Å². The van der Waals surface area contributed by atoms with Gasteiger partial charge in [-0.3, -0.25) is 0 Å². The van der Waals surface area contributed by atoms with Crippen LogP contribution < -0.4 is 24.0 Å². The molecule has 0 saturated heterocycles. The summed E-state index contributed by atoms with van der Waals surface area (Å²) in [6.07, 6.45) is 9.00. The molecule has 0 spiro atoms. The molecule has 0 aromatic heterocycles. The van der Waals surface area contributed by atoms with Gasteiger partial charge in [0.1, 0.15) is 4.49 Å². The molecular formula is C37H52ArCl5IY3-6. The van der Waals surface area contributed by atoms with E-state index in [0.717, 1.165) is 5.54 Å². The summed E-state index contributed by atoms with van der Waals surface area (Å²) in [5.41, 5.74) is 9.03. The van der Waals surface area contributed by atoms with Gasteiger partial charge in [0.15, 0.2) is 0 Å². The zero-order valence-electron chi connectivity index (χ0n) is 29.3. The minimum atomic E-state index is -0.139. The molecule has 0 aliphatic heterocycles. The van der Waals surface area contributed by atoms with E-state index in [1.54, 1.807) is 0 Å². The largest absolute Gasteiger partial charge is 1.00 e. The Labute approximate surface area is 440 Å². The number of aryl methyl sites for hydroxylation is 6. The third kappa shape index (κ3) is 75.3. The topological polar surface area (TPSA) is 0 Å². The molecule has 265 valence electrons. The summed E-state index contributed by atoms with van der Waals surface area (Å²) in [7, 11) is 0. The van der Waals surface area contributed by atoms with Crippen LogP contribution in [-0.4, -0.2) is 0 Å². The van der Waals surface area contributed by atoms with E-state index in [2.05, 4.69) is 90.9 Å². The van der Waals surface area contributed by atoms with Crippen molar-refractivity contribution in [2.75, 3.05) is 0 Å². The fourth-order valence-corrected chi connectivity index (χ4v) is 1.77. The van der Waals surface area contributed by atoms with Gasteiger partial charge in [0.2, 0.25) is 0 Å². The van der Waals surface area contributed by atoms with Gasteiger partial charge in [-0.25, -0.2) is 0 Å². The SMILES string of the molecule is C.CC.CC.CC.Cc1c[c-]ccc1C.Cc1c[c-]ccc1C.Cc1c[c-]ccc1C.ClC=C(Cl)Cl.[Ar].[C-]#C.[CH-]=C(Cl)Cl.[I-].[Y].[Y].[Y]. The Balaban J connectivity index is -0.0000000304. The second kappa shape index (κ2) is 70.9. The Morgan fingerprint density at radius 2 is 0.745 bits per heavy atom. The van der Waals surface area contributed by atoms with Crippen molar-refractivity contribution >= 4 is 58.0 Å². The van der Waals surface area contributed by atoms with Gasteiger partial charge in [0.05, 0.1) is 0 Å². The standard InChI is InChI=1S/3C8H9.C2HCl3.C2HCl2.3C2H6.C2H.CH4.Ar.HI.3Y/c3*1-7-5-3-4-6-8(7)2;3-1-2(4)5;1-2(3)4;4*1-2;;;;;;/h3*3,5-6H,1-2H3;1H;1H;3*1-2H3;1H;1H4;;1H;;;/q3*-1;;-1;;;;-1;;;;;;/p-1. The van der Waals surface area contributed by atoms with Crippen LogP contribution in [0.2, 0.25) is 0 Å². The zero-order valence-corrected chi connectivity index (χ0v) is 44.4. The van der Waals surface area contributed by atoms with Crippen LogP contribution in [0.4, 0.5) is 0 Å². The second-order valence-corrected chi connectivity index (χ2v) is 8.95. The van der Waals surface area contributed by atoms with E-state index >= 15 is 0 Å². The van der Waals surface area contributed by atoms with E-state index in [-0.39, 0.29) is 176 Å². The molecule has 0 fully saturated rings. The maximum atomic E-state index is 5.25. The van der Waals surface area contributed by atoms with Crippen LogP contribution in [0.3, 0.4) is 0 Å². The van der Waals surface area contributed by atoms with Crippen LogP contribution in [-0.2, 0) is 98.1 Å². The fraction of sp³-hybridized carbons (Fsp3) is 0.351. The summed E-state index contributed by atoms with van der Waals surface area (Å²) < 4.78 is -0.0494. The van der Waals surface area contributed by atoms with E-state index in [1.807, 2.05) is 77.9 Å². The van der Waals surface area contributed by atoms with E-state index < -0.39 is 0 Å². The first-order valence-corrected chi connectivity index (χ1v) is 15.0.